The van der Waals surface area contributed by atoms with E-state index in [9.17, 15) is 9.90 Å². The standard InChI is InChI=1S/C14H19NO3S/c1-13(2)8-10(14(3,4)18-13)19-11-9(12(16)17)6-5-7-15-11/h5-7,10H,8H2,1-4H3,(H,16,17). The number of pyridine rings is 1. The van der Waals surface area contributed by atoms with Gasteiger partial charge >= 0.3 is 5.97 Å². The molecule has 2 rings (SSSR count). The molecule has 1 aromatic rings. The first-order valence-corrected chi connectivity index (χ1v) is 7.14. The van der Waals surface area contributed by atoms with E-state index in [-0.39, 0.29) is 22.0 Å². The number of carboxylic acid groups (broad SMARTS) is 1. The molecule has 1 aliphatic heterocycles. The number of aromatic carboxylic acids is 1. The van der Waals surface area contributed by atoms with Crippen LogP contribution in [0.15, 0.2) is 23.4 Å². The van der Waals surface area contributed by atoms with E-state index in [1.165, 1.54) is 11.8 Å². The van der Waals surface area contributed by atoms with Crippen LogP contribution in [0.3, 0.4) is 0 Å². The SMILES string of the molecule is CC1(C)CC(Sc2ncccc2C(=O)O)C(C)(C)O1. The zero-order chi connectivity index (χ0) is 14.3. The van der Waals surface area contributed by atoms with Gasteiger partial charge in [0.05, 0.1) is 16.8 Å². The molecular formula is C14H19NO3S. The van der Waals surface area contributed by atoms with Crippen molar-refractivity contribution in [3.8, 4) is 0 Å². The highest BCUT2D eigenvalue weighted by Gasteiger charge is 2.46. The van der Waals surface area contributed by atoms with Crippen molar-refractivity contribution in [1.29, 1.82) is 0 Å². The fourth-order valence-corrected chi connectivity index (χ4v) is 3.97. The molecule has 0 aliphatic carbocycles. The van der Waals surface area contributed by atoms with E-state index in [0.29, 0.717) is 5.03 Å². The van der Waals surface area contributed by atoms with Gasteiger partial charge in [-0.25, -0.2) is 9.78 Å². The second kappa shape index (κ2) is 4.80. The van der Waals surface area contributed by atoms with Crippen LogP contribution in [0.2, 0.25) is 0 Å². The summed E-state index contributed by atoms with van der Waals surface area (Å²) >= 11 is 1.50. The van der Waals surface area contributed by atoms with Crippen molar-refractivity contribution in [3.05, 3.63) is 23.9 Å². The number of thioether (sulfide) groups is 1. The van der Waals surface area contributed by atoms with E-state index in [1.807, 2.05) is 13.8 Å². The average Bonchev–Trinajstić information content (AvgIpc) is 2.47. The maximum absolute atomic E-state index is 11.2. The Morgan fingerprint density at radius 2 is 2.16 bits per heavy atom. The summed E-state index contributed by atoms with van der Waals surface area (Å²) < 4.78 is 6.03. The van der Waals surface area contributed by atoms with E-state index in [2.05, 4.69) is 18.8 Å². The predicted molar refractivity (Wildman–Crippen MR) is 74.7 cm³/mol. The monoisotopic (exact) mass is 281 g/mol. The number of carbonyl (C=O) groups is 1. The lowest BCUT2D eigenvalue weighted by atomic mass is 10.0. The van der Waals surface area contributed by atoms with Crippen molar-refractivity contribution >= 4 is 17.7 Å². The van der Waals surface area contributed by atoms with Crippen LogP contribution in [0, 0.1) is 0 Å². The molecule has 2 heterocycles. The summed E-state index contributed by atoms with van der Waals surface area (Å²) in [4.78, 5) is 15.4. The van der Waals surface area contributed by atoms with Crippen molar-refractivity contribution in [2.24, 2.45) is 0 Å². The summed E-state index contributed by atoms with van der Waals surface area (Å²) in [5.41, 5.74) is -0.214. The minimum Gasteiger partial charge on any atom is -0.478 e. The zero-order valence-corrected chi connectivity index (χ0v) is 12.5. The van der Waals surface area contributed by atoms with Gasteiger partial charge in [-0.3, -0.25) is 0 Å². The fraction of sp³-hybridized carbons (Fsp3) is 0.571. The lowest BCUT2D eigenvalue weighted by molar-refractivity contribution is -0.0631. The molecule has 4 nitrogen and oxygen atoms in total. The molecular weight excluding hydrogens is 262 g/mol. The first-order chi connectivity index (χ1) is 8.71. The first kappa shape index (κ1) is 14.3. The highest BCUT2D eigenvalue weighted by atomic mass is 32.2. The summed E-state index contributed by atoms with van der Waals surface area (Å²) in [5, 5.41) is 9.94. The Labute approximate surface area is 117 Å². The van der Waals surface area contributed by atoms with Crippen LogP contribution in [-0.2, 0) is 4.74 Å². The van der Waals surface area contributed by atoms with Gasteiger partial charge in [-0.2, -0.15) is 0 Å². The number of rotatable bonds is 3. The van der Waals surface area contributed by atoms with Crippen LogP contribution >= 0.6 is 11.8 Å². The molecule has 1 unspecified atom stereocenters. The van der Waals surface area contributed by atoms with Gasteiger partial charge in [0.25, 0.3) is 0 Å². The molecule has 104 valence electrons. The van der Waals surface area contributed by atoms with E-state index in [1.54, 1.807) is 18.3 Å². The van der Waals surface area contributed by atoms with Crippen molar-refractivity contribution in [2.45, 2.75) is 55.6 Å². The molecule has 0 radical (unpaired) electrons. The molecule has 1 fully saturated rings. The molecule has 0 saturated carbocycles. The lowest BCUT2D eigenvalue weighted by Gasteiger charge is -2.26. The number of hydrogen-bond acceptors (Lipinski definition) is 4. The van der Waals surface area contributed by atoms with E-state index >= 15 is 0 Å². The van der Waals surface area contributed by atoms with Crippen molar-refractivity contribution < 1.29 is 14.6 Å². The molecule has 0 spiro atoms. The van der Waals surface area contributed by atoms with Gasteiger partial charge in [0.2, 0.25) is 0 Å². The third-order valence-corrected chi connectivity index (χ3v) is 4.81. The Bertz CT molecular complexity index is 499. The Morgan fingerprint density at radius 1 is 1.47 bits per heavy atom. The maximum atomic E-state index is 11.2. The molecule has 1 atom stereocenters. The highest BCUT2D eigenvalue weighted by molar-refractivity contribution is 8.00. The van der Waals surface area contributed by atoms with Crippen LogP contribution in [0.4, 0.5) is 0 Å². The normalized spacial score (nSPS) is 24.3. The summed E-state index contributed by atoms with van der Waals surface area (Å²) in [6.07, 6.45) is 2.50. The molecule has 1 saturated heterocycles. The Kier molecular flexibility index (Phi) is 3.62. The number of carboxylic acids is 1. The summed E-state index contributed by atoms with van der Waals surface area (Å²) in [5.74, 6) is -0.938. The quantitative estimate of drug-likeness (QED) is 0.921. The van der Waals surface area contributed by atoms with Gasteiger partial charge in [0.1, 0.15) is 5.03 Å². The Morgan fingerprint density at radius 3 is 2.68 bits per heavy atom. The molecule has 0 amide bonds. The van der Waals surface area contributed by atoms with Crippen LogP contribution in [-0.4, -0.2) is 32.5 Å². The average molecular weight is 281 g/mol. The van der Waals surface area contributed by atoms with Crippen molar-refractivity contribution in [2.75, 3.05) is 0 Å². The van der Waals surface area contributed by atoms with Crippen LogP contribution in [0.1, 0.15) is 44.5 Å². The minimum atomic E-state index is -0.938. The minimum absolute atomic E-state index is 0.181. The van der Waals surface area contributed by atoms with E-state index in [0.717, 1.165) is 6.42 Å². The highest BCUT2D eigenvalue weighted by Crippen LogP contribution is 2.46. The second-order valence-corrected chi connectivity index (χ2v) is 7.13. The van der Waals surface area contributed by atoms with Gasteiger partial charge in [0, 0.05) is 11.4 Å². The van der Waals surface area contributed by atoms with Crippen molar-refractivity contribution in [3.63, 3.8) is 0 Å². The molecule has 1 aromatic heterocycles. The van der Waals surface area contributed by atoms with Crippen LogP contribution in [0.5, 0.6) is 0 Å². The molecule has 1 N–H and O–H groups in total. The van der Waals surface area contributed by atoms with Crippen LogP contribution in [0.25, 0.3) is 0 Å². The molecule has 1 aliphatic rings. The van der Waals surface area contributed by atoms with Gasteiger partial charge in [-0.05, 0) is 46.2 Å². The molecule has 0 aromatic carbocycles. The van der Waals surface area contributed by atoms with E-state index in [4.69, 9.17) is 4.74 Å². The Hall–Kier alpha value is -1.07. The zero-order valence-electron chi connectivity index (χ0n) is 11.6. The van der Waals surface area contributed by atoms with E-state index < -0.39 is 5.97 Å². The largest absolute Gasteiger partial charge is 0.478 e. The summed E-state index contributed by atoms with van der Waals surface area (Å²) in [7, 11) is 0. The lowest BCUT2D eigenvalue weighted by Crippen LogP contribution is -2.31. The topological polar surface area (TPSA) is 59.4 Å². The molecule has 0 bridgehead atoms. The first-order valence-electron chi connectivity index (χ1n) is 6.26. The number of nitrogens with zero attached hydrogens (tertiary/aromatic N) is 1. The second-order valence-electron chi connectivity index (χ2n) is 5.94. The summed E-state index contributed by atoms with van der Waals surface area (Å²) in [6.45, 7) is 8.21. The third kappa shape index (κ3) is 3.09. The van der Waals surface area contributed by atoms with Gasteiger partial charge in [-0.15, -0.1) is 0 Å². The number of hydrogen-bond donors (Lipinski definition) is 1. The number of ether oxygens (including phenoxy) is 1. The summed E-state index contributed by atoms with van der Waals surface area (Å²) in [6, 6.07) is 3.24. The van der Waals surface area contributed by atoms with Gasteiger partial charge in [0.15, 0.2) is 0 Å². The third-order valence-electron chi connectivity index (χ3n) is 3.25. The molecule has 19 heavy (non-hydrogen) atoms. The maximum Gasteiger partial charge on any atom is 0.338 e. The van der Waals surface area contributed by atoms with Gasteiger partial charge in [-0.1, -0.05) is 11.8 Å². The van der Waals surface area contributed by atoms with Crippen LogP contribution < -0.4 is 0 Å². The smallest absolute Gasteiger partial charge is 0.338 e. The van der Waals surface area contributed by atoms with Gasteiger partial charge < -0.3 is 9.84 Å². The Balaban J connectivity index is 2.25. The molecule has 5 heteroatoms. The number of aromatic nitrogens is 1. The van der Waals surface area contributed by atoms with Crippen molar-refractivity contribution in [1.82, 2.24) is 4.98 Å². The fourth-order valence-electron chi connectivity index (χ4n) is 2.48. The predicted octanol–water partition coefficient (Wildman–Crippen LogP) is 3.22.